The van der Waals surface area contributed by atoms with Crippen molar-refractivity contribution in [2.24, 2.45) is 0 Å². The van der Waals surface area contributed by atoms with Gasteiger partial charge in [-0.05, 0) is 18.6 Å². The van der Waals surface area contributed by atoms with Crippen molar-refractivity contribution < 1.29 is 9.90 Å². The molecule has 1 rings (SSSR count). The van der Waals surface area contributed by atoms with E-state index in [4.69, 9.17) is 28.3 Å². The number of thiophene rings is 1. The van der Waals surface area contributed by atoms with Gasteiger partial charge in [0.05, 0.1) is 15.1 Å². The van der Waals surface area contributed by atoms with E-state index in [1.54, 1.807) is 6.07 Å². The highest BCUT2D eigenvalue weighted by molar-refractivity contribution is 7.20. The fraction of sp³-hybridized carbons (Fsp3) is 0.444. The third kappa shape index (κ3) is 3.99. The van der Waals surface area contributed by atoms with Crippen LogP contribution in [0.4, 0.5) is 0 Å². The maximum atomic E-state index is 10.3. The highest BCUT2D eigenvalue weighted by Crippen LogP contribution is 2.34. The Morgan fingerprint density at radius 3 is 2.80 bits per heavy atom. The highest BCUT2D eigenvalue weighted by Gasteiger charge is 2.12. The monoisotopic (exact) mass is 267 g/mol. The van der Waals surface area contributed by atoms with E-state index in [1.807, 2.05) is 6.92 Å². The lowest BCUT2D eigenvalue weighted by Gasteiger charge is -2.11. The summed E-state index contributed by atoms with van der Waals surface area (Å²) in [4.78, 5) is 10.3. The largest absolute Gasteiger partial charge is 0.481 e. The number of hydrogen-bond acceptors (Lipinski definition) is 3. The van der Waals surface area contributed by atoms with Crippen molar-refractivity contribution in [3.05, 3.63) is 20.3 Å². The van der Waals surface area contributed by atoms with Crippen molar-refractivity contribution in [3.8, 4) is 0 Å². The quantitative estimate of drug-likeness (QED) is 0.862. The molecule has 1 atom stereocenters. The van der Waals surface area contributed by atoms with Gasteiger partial charge in [0.2, 0.25) is 0 Å². The topological polar surface area (TPSA) is 49.3 Å². The molecule has 1 unspecified atom stereocenters. The van der Waals surface area contributed by atoms with Gasteiger partial charge >= 0.3 is 5.97 Å². The van der Waals surface area contributed by atoms with E-state index in [0.717, 1.165) is 5.56 Å². The van der Waals surface area contributed by atoms with Crippen molar-refractivity contribution in [3.63, 3.8) is 0 Å². The second-order valence-electron chi connectivity index (χ2n) is 3.10. The lowest BCUT2D eigenvalue weighted by atomic mass is 10.2. The second kappa shape index (κ2) is 5.70. The lowest BCUT2D eigenvalue weighted by Crippen LogP contribution is -2.21. The van der Waals surface area contributed by atoms with Crippen LogP contribution in [-0.2, 0) is 4.79 Å². The SMILES string of the molecule is CC(NCCC(=O)O)c1cc(Cl)sc1Cl. The molecule has 0 aliphatic heterocycles. The summed E-state index contributed by atoms with van der Waals surface area (Å²) in [5.74, 6) is -0.816. The molecule has 0 saturated heterocycles. The summed E-state index contributed by atoms with van der Waals surface area (Å²) in [6, 6.07) is 1.81. The molecule has 0 fully saturated rings. The normalized spacial score (nSPS) is 12.7. The van der Waals surface area contributed by atoms with Gasteiger partial charge in [0.1, 0.15) is 0 Å². The van der Waals surface area contributed by atoms with Crippen LogP contribution >= 0.6 is 34.5 Å². The summed E-state index contributed by atoms with van der Waals surface area (Å²) >= 11 is 13.1. The minimum absolute atomic E-state index is 0.0144. The zero-order chi connectivity index (χ0) is 11.4. The summed E-state index contributed by atoms with van der Waals surface area (Å²) < 4.78 is 1.29. The smallest absolute Gasteiger partial charge is 0.304 e. The lowest BCUT2D eigenvalue weighted by molar-refractivity contribution is -0.136. The molecule has 0 aliphatic rings. The molecular weight excluding hydrogens is 257 g/mol. The molecule has 0 amide bonds. The first kappa shape index (κ1) is 12.8. The van der Waals surface area contributed by atoms with Crippen LogP contribution in [0.15, 0.2) is 6.07 Å². The molecule has 0 saturated carbocycles. The van der Waals surface area contributed by atoms with Gasteiger partial charge < -0.3 is 10.4 Å². The minimum Gasteiger partial charge on any atom is -0.481 e. The zero-order valence-electron chi connectivity index (χ0n) is 8.09. The van der Waals surface area contributed by atoms with Crippen molar-refractivity contribution in [1.29, 1.82) is 0 Å². The van der Waals surface area contributed by atoms with Crippen LogP contribution in [-0.4, -0.2) is 17.6 Å². The van der Waals surface area contributed by atoms with Crippen LogP contribution in [0.1, 0.15) is 24.9 Å². The Morgan fingerprint density at radius 1 is 1.67 bits per heavy atom. The fourth-order valence-electron chi connectivity index (χ4n) is 1.15. The molecule has 0 aliphatic carbocycles. The molecule has 15 heavy (non-hydrogen) atoms. The van der Waals surface area contributed by atoms with Crippen LogP contribution < -0.4 is 5.32 Å². The van der Waals surface area contributed by atoms with Gasteiger partial charge in [0.15, 0.2) is 0 Å². The van der Waals surface area contributed by atoms with E-state index < -0.39 is 5.97 Å². The third-order valence-corrected chi connectivity index (χ3v) is 3.46. The molecule has 1 heterocycles. The summed E-state index contributed by atoms with van der Waals surface area (Å²) in [5.41, 5.74) is 0.914. The summed E-state index contributed by atoms with van der Waals surface area (Å²) in [6.45, 7) is 2.34. The Hall–Kier alpha value is -0.290. The van der Waals surface area contributed by atoms with Gasteiger partial charge in [-0.1, -0.05) is 23.2 Å². The average molecular weight is 268 g/mol. The summed E-state index contributed by atoms with van der Waals surface area (Å²) in [7, 11) is 0. The van der Waals surface area contributed by atoms with Crippen molar-refractivity contribution in [2.75, 3.05) is 6.54 Å². The number of nitrogens with one attached hydrogen (secondary N) is 1. The van der Waals surface area contributed by atoms with Crippen LogP contribution in [0.2, 0.25) is 8.67 Å². The Balaban J connectivity index is 2.50. The number of hydrogen-bond donors (Lipinski definition) is 2. The second-order valence-corrected chi connectivity index (χ2v) is 5.38. The summed E-state index contributed by atoms with van der Waals surface area (Å²) in [6.07, 6.45) is 0.0971. The molecule has 0 spiro atoms. The molecule has 0 aromatic carbocycles. The van der Waals surface area contributed by atoms with Crippen LogP contribution in [0.3, 0.4) is 0 Å². The van der Waals surface area contributed by atoms with Gasteiger partial charge in [0, 0.05) is 12.6 Å². The number of carbonyl (C=O) groups is 1. The number of carboxylic acid groups (broad SMARTS) is 1. The van der Waals surface area contributed by atoms with E-state index in [1.165, 1.54) is 11.3 Å². The third-order valence-electron chi connectivity index (χ3n) is 1.94. The predicted molar refractivity (Wildman–Crippen MR) is 63.0 cm³/mol. The minimum atomic E-state index is -0.816. The van der Waals surface area contributed by atoms with Crippen molar-refractivity contribution in [2.45, 2.75) is 19.4 Å². The van der Waals surface area contributed by atoms with Crippen molar-refractivity contribution in [1.82, 2.24) is 5.32 Å². The molecule has 1 aromatic heterocycles. The van der Waals surface area contributed by atoms with Crippen LogP contribution in [0.5, 0.6) is 0 Å². The zero-order valence-corrected chi connectivity index (χ0v) is 10.4. The van der Waals surface area contributed by atoms with E-state index in [-0.39, 0.29) is 12.5 Å². The van der Waals surface area contributed by atoms with Crippen molar-refractivity contribution >= 4 is 40.5 Å². The Morgan fingerprint density at radius 2 is 2.33 bits per heavy atom. The predicted octanol–water partition coefficient (Wildman–Crippen LogP) is 3.18. The molecule has 1 aromatic rings. The molecule has 2 N–H and O–H groups in total. The fourth-order valence-corrected chi connectivity index (χ4v) is 2.80. The molecule has 0 bridgehead atoms. The first-order valence-corrected chi connectivity index (χ1v) is 5.98. The number of rotatable bonds is 5. The molecular formula is C9H11Cl2NO2S. The average Bonchev–Trinajstić information content (AvgIpc) is 2.44. The molecule has 6 heteroatoms. The Kier molecular flexibility index (Phi) is 4.86. The first-order valence-electron chi connectivity index (χ1n) is 4.40. The summed E-state index contributed by atoms with van der Waals surface area (Å²) in [5, 5.41) is 11.5. The highest BCUT2D eigenvalue weighted by atomic mass is 35.5. The maximum Gasteiger partial charge on any atom is 0.304 e. The Bertz CT molecular complexity index is 354. The van der Waals surface area contributed by atoms with Gasteiger partial charge in [-0.3, -0.25) is 4.79 Å². The van der Waals surface area contributed by atoms with E-state index in [2.05, 4.69) is 5.32 Å². The molecule has 0 radical (unpaired) electrons. The van der Waals surface area contributed by atoms with Crippen LogP contribution in [0, 0.1) is 0 Å². The van der Waals surface area contributed by atoms with Gasteiger partial charge in [-0.2, -0.15) is 0 Å². The Labute approximate surface area is 102 Å². The number of aliphatic carboxylic acids is 1. The first-order chi connectivity index (χ1) is 7.00. The van der Waals surface area contributed by atoms with Crippen LogP contribution in [0.25, 0.3) is 0 Å². The van der Waals surface area contributed by atoms with E-state index in [9.17, 15) is 4.79 Å². The molecule has 3 nitrogen and oxygen atoms in total. The van der Waals surface area contributed by atoms with E-state index >= 15 is 0 Å². The maximum absolute atomic E-state index is 10.3. The van der Waals surface area contributed by atoms with E-state index in [0.29, 0.717) is 15.2 Å². The van der Waals surface area contributed by atoms with Gasteiger partial charge in [0.25, 0.3) is 0 Å². The number of halogens is 2. The standard InChI is InChI=1S/C9H11Cl2NO2S/c1-5(12-3-2-8(13)14)6-4-7(10)15-9(6)11/h4-5,12H,2-3H2,1H3,(H,13,14). The van der Waals surface area contributed by atoms with Gasteiger partial charge in [-0.15, -0.1) is 11.3 Å². The molecule has 84 valence electrons. The van der Waals surface area contributed by atoms with Gasteiger partial charge in [-0.25, -0.2) is 0 Å². The number of carboxylic acids is 1.